The molecule has 0 fully saturated rings. The molecule has 0 radical (unpaired) electrons. The van der Waals surface area contributed by atoms with Gasteiger partial charge in [-0.15, -0.1) is 0 Å². The second-order valence-electron chi connectivity index (χ2n) is 4.39. The molecule has 0 spiro atoms. The summed E-state index contributed by atoms with van der Waals surface area (Å²) >= 11 is 0. The Balaban J connectivity index is 2.13. The monoisotopic (exact) mass is 259 g/mol. The van der Waals surface area contributed by atoms with Crippen LogP contribution in [0.25, 0.3) is 0 Å². The van der Waals surface area contributed by atoms with Gasteiger partial charge in [-0.1, -0.05) is 0 Å². The Labute approximate surface area is 111 Å². The van der Waals surface area contributed by atoms with E-state index in [4.69, 9.17) is 0 Å². The third-order valence-corrected chi connectivity index (χ3v) is 2.68. The third kappa shape index (κ3) is 2.90. The van der Waals surface area contributed by atoms with Gasteiger partial charge in [-0.05, 0) is 26.0 Å². The molecule has 0 bridgehead atoms. The highest BCUT2D eigenvalue weighted by molar-refractivity contribution is 6.03. The Hall–Kier alpha value is -2.37. The van der Waals surface area contributed by atoms with Crippen LogP contribution < -0.4 is 10.6 Å². The number of anilines is 2. The van der Waals surface area contributed by atoms with Gasteiger partial charge in [0, 0.05) is 25.4 Å². The summed E-state index contributed by atoms with van der Waals surface area (Å²) in [7, 11) is 1.78. The summed E-state index contributed by atoms with van der Waals surface area (Å²) in [5, 5.41) is 9.90. The van der Waals surface area contributed by atoms with Crippen molar-refractivity contribution in [1.82, 2.24) is 14.8 Å². The van der Waals surface area contributed by atoms with Crippen molar-refractivity contribution in [2.24, 2.45) is 0 Å². The molecule has 6 heteroatoms. The van der Waals surface area contributed by atoms with Gasteiger partial charge in [0.2, 0.25) is 0 Å². The highest BCUT2D eigenvalue weighted by atomic mass is 16.1. The highest BCUT2D eigenvalue weighted by Crippen LogP contribution is 2.14. The predicted octanol–water partition coefficient (Wildman–Crippen LogP) is 2.15. The van der Waals surface area contributed by atoms with Crippen molar-refractivity contribution in [2.75, 3.05) is 17.7 Å². The molecule has 2 N–H and O–H groups in total. The average molecular weight is 259 g/mol. The number of aromatic nitrogens is 3. The number of nitrogens with zero attached hydrogens (tertiary/aromatic N) is 3. The van der Waals surface area contributed by atoms with Crippen molar-refractivity contribution in [3.8, 4) is 0 Å². The number of amides is 1. The van der Waals surface area contributed by atoms with Gasteiger partial charge in [-0.2, -0.15) is 5.10 Å². The molecular weight excluding hydrogens is 242 g/mol. The van der Waals surface area contributed by atoms with E-state index in [-0.39, 0.29) is 11.9 Å². The largest absolute Gasteiger partial charge is 0.373 e. The fourth-order valence-corrected chi connectivity index (χ4v) is 1.69. The molecule has 2 aromatic rings. The Morgan fingerprint density at radius 3 is 2.68 bits per heavy atom. The van der Waals surface area contributed by atoms with Gasteiger partial charge in [-0.25, -0.2) is 9.67 Å². The summed E-state index contributed by atoms with van der Waals surface area (Å²) in [4.78, 5) is 16.2. The molecule has 100 valence electrons. The minimum Gasteiger partial charge on any atom is -0.373 e. The molecular formula is C13H17N5O. The Bertz CT molecular complexity index is 559. The molecule has 19 heavy (non-hydrogen) atoms. The van der Waals surface area contributed by atoms with E-state index in [1.165, 1.54) is 6.20 Å². The number of pyridine rings is 1. The van der Waals surface area contributed by atoms with E-state index in [0.717, 1.165) is 5.82 Å². The van der Waals surface area contributed by atoms with Crippen LogP contribution in [0.5, 0.6) is 0 Å². The Morgan fingerprint density at radius 1 is 1.32 bits per heavy atom. The van der Waals surface area contributed by atoms with Gasteiger partial charge < -0.3 is 10.6 Å². The minimum atomic E-state index is -0.197. The summed E-state index contributed by atoms with van der Waals surface area (Å²) in [5.74, 6) is 1.21. The molecule has 2 heterocycles. The fourth-order valence-electron chi connectivity index (χ4n) is 1.69. The minimum absolute atomic E-state index is 0.190. The second-order valence-corrected chi connectivity index (χ2v) is 4.39. The van der Waals surface area contributed by atoms with Crippen molar-refractivity contribution < 1.29 is 4.79 Å². The molecule has 6 nitrogen and oxygen atoms in total. The summed E-state index contributed by atoms with van der Waals surface area (Å²) in [6.45, 7) is 4.01. The molecule has 0 atom stereocenters. The molecule has 2 aromatic heterocycles. The molecule has 1 amide bonds. The topological polar surface area (TPSA) is 71.8 Å². The van der Waals surface area contributed by atoms with E-state index in [1.807, 2.05) is 13.8 Å². The maximum atomic E-state index is 12.1. The smallest absolute Gasteiger partial charge is 0.258 e. The molecule has 0 aliphatic carbocycles. The molecule has 0 aliphatic rings. The Kier molecular flexibility index (Phi) is 3.79. The van der Waals surface area contributed by atoms with Crippen molar-refractivity contribution in [1.29, 1.82) is 0 Å². The van der Waals surface area contributed by atoms with Crippen LogP contribution in [0.3, 0.4) is 0 Å². The van der Waals surface area contributed by atoms with Crippen molar-refractivity contribution >= 4 is 17.5 Å². The standard InChI is InChI=1S/C13H17N5O/c1-9(2)18-12(6-7-16-18)17-13(19)10-4-5-11(14-3)15-8-10/h4-9H,1-3H3,(H,14,15)(H,17,19). The van der Waals surface area contributed by atoms with Gasteiger partial charge in [-0.3, -0.25) is 4.79 Å². The fraction of sp³-hybridized carbons (Fsp3) is 0.308. The van der Waals surface area contributed by atoms with E-state index in [2.05, 4.69) is 20.7 Å². The van der Waals surface area contributed by atoms with Crippen LogP contribution in [0.15, 0.2) is 30.6 Å². The number of carbonyl (C=O) groups excluding carboxylic acids is 1. The lowest BCUT2D eigenvalue weighted by atomic mass is 10.2. The first-order valence-corrected chi connectivity index (χ1v) is 6.10. The highest BCUT2D eigenvalue weighted by Gasteiger charge is 2.11. The molecule has 0 unspecified atom stereocenters. The summed E-state index contributed by atoms with van der Waals surface area (Å²) < 4.78 is 1.76. The lowest BCUT2D eigenvalue weighted by Crippen LogP contribution is -2.17. The number of hydrogen-bond acceptors (Lipinski definition) is 4. The van der Waals surface area contributed by atoms with Gasteiger partial charge in [0.05, 0.1) is 11.8 Å². The second kappa shape index (κ2) is 5.51. The first-order valence-electron chi connectivity index (χ1n) is 6.10. The summed E-state index contributed by atoms with van der Waals surface area (Å²) in [6.07, 6.45) is 3.20. The van der Waals surface area contributed by atoms with Crippen molar-refractivity contribution in [3.05, 3.63) is 36.2 Å². The van der Waals surface area contributed by atoms with E-state index in [9.17, 15) is 4.79 Å². The summed E-state index contributed by atoms with van der Waals surface area (Å²) in [5.41, 5.74) is 0.510. The van der Waals surface area contributed by atoms with E-state index < -0.39 is 0 Å². The molecule has 0 saturated heterocycles. The first kappa shape index (κ1) is 13.1. The number of nitrogens with one attached hydrogen (secondary N) is 2. The van der Waals surface area contributed by atoms with Crippen LogP contribution in [0.2, 0.25) is 0 Å². The van der Waals surface area contributed by atoms with Crippen molar-refractivity contribution in [2.45, 2.75) is 19.9 Å². The maximum Gasteiger partial charge on any atom is 0.258 e. The third-order valence-electron chi connectivity index (χ3n) is 2.68. The quantitative estimate of drug-likeness (QED) is 0.882. The summed E-state index contributed by atoms with van der Waals surface area (Å²) in [6, 6.07) is 5.45. The Morgan fingerprint density at radius 2 is 2.11 bits per heavy atom. The van der Waals surface area contributed by atoms with E-state index in [1.54, 1.807) is 36.1 Å². The van der Waals surface area contributed by atoms with Crippen LogP contribution in [0, 0.1) is 0 Å². The number of hydrogen-bond donors (Lipinski definition) is 2. The maximum absolute atomic E-state index is 12.1. The number of rotatable bonds is 4. The van der Waals surface area contributed by atoms with E-state index >= 15 is 0 Å². The number of carbonyl (C=O) groups is 1. The van der Waals surface area contributed by atoms with Gasteiger partial charge in [0.1, 0.15) is 11.6 Å². The van der Waals surface area contributed by atoms with Crippen LogP contribution in [-0.4, -0.2) is 27.7 Å². The van der Waals surface area contributed by atoms with Crippen LogP contribution >= 0.6 is 0 Å². The first-order chi connectivity index (χ1) is 9.11. The molecule has 0 saturated carbocycles. The van der Waals surface area contributed by atoms with Crippen LogP contribution in [-0.2, 0) is 0 Å². The zero-order chi connectivity index (χ0) is 13.8. The van der Waals surface area contributed by atoms with Gasteiger partial charge >= 0.3 is 0 Å². The van der Waals surface area contributed by atoms with Crippen LogP contribution in [0.1, 0.15) is 30.2 Å². The molecule has 2 rings (SSSR count). The van der Waals surface area contributed by atoms with E-state index in [0.29, 0.717) is 11.4 Å². The van der Waals surface area contributed by atoms with Gasteiger partial charge in [0.25, 0.3) is 5.91 Å². The lowest BCUT2D eigenvalue weighted by Gasteiger charge is -2.11. The zero-order valence-corrected chi connectivity index (χ0v) is 11.2. The zero-order valence-electron chi connectivity index (χ0n) is 11.2. The SMILES string of the molecule is CNc1ccc(C(=O)Nc2ccnn2C(C)C)cn1. The molecule has 0 aliphatic heterocycles. The normalized spacial score (nSPS) is 10.5. The average Bonchev–Trinajstić information content (AvgIpc) is 2.87. The molecule has 0 aromatic carbocycles. The van der Waals surface area contributed by atoms with Crippen LogP contribution in [0.4, 0.5) is 11.6 Å². The predicted molar refractivity (Wildman–Crippen MR) is 74.3 cm³/mol. The van der Waals surface area contributed by atoms with Crippen molar-refractivity contribution in [3.63, 3.8) is 0 Å². The lowest BCUT2D eigenvalue weighted by molar-refractivity contribution is 0.102. The van der Waals surface area contributed by atoms with Gasteiger partial charge in [0.15, 0.2) is 0 Å².